The second kappa shape index (κ2) is 6.24. The SMILES string of the molecule is Cc1ccc(C)c(C(=O)N2CC[NH+]([C@H]3CCS(=O)(=O)C3)CC2)c1. The van der Waals surface area contributed by atoms with Crippen LogP contribution in [0.5, 0.6) is 0 Å². The first-order chi connectivity index (χ1) is 10.9. The molecule has 0 radical (unpaired) electrons. The maximum Gasteiger partial charge on any atom is 0.254 e. The second-order valence-corrected chi connectivity index (χ2v) is 9.10. The molecule has 2 aliphatic rings. The van der Waals surface area contributed by atoms with Crippen molar-refractivity contribution < 1.29 is 18.1 Å². The van der Waals surface area contributed by atoms with Crippen molar-refractivity contribution in [2.24, 2.45) is 0 Å². The molecule has 2 heterocycles. The number of carbonyl (C=O) groups excluding carboxylic acids is 1. The van der Waals surface area contributed by atoms with Crippen LogP contribution in [0.25, 0.3) is 0 Å². The molecular formula is C17H25N2O3S+. The first-order valence-corrected chi connectivity index (χ1v) is 10.1. The average Bonchev–Trinajstić information content (AvgIpc) is 2.89. The summed E-state index contributed by atoms with van der Waals surface area (Å²) in [6, 6.07) is 6.20. The molecule has 1 amide bonds. The molecule has 6 heteroatoms. The highest BCUT2D eigenvalue weighted by Gasteiger charge is 2.37. The minimum Gasteiger partial charge on any atom is -0.329 e. The summed E-state index contributed by atoms with van der Waals surface area (Å²) in [5.74, 6) is 0.740. The van der Waals surface area contributed by atoms with E-state index in [1.165, 1.54) is 4.90 Å². The van der Waals surface area contributed by atoms with Gasteiger partial charge in [0.25, 0.3) is 5.91 Å². The molecule has 3 rings (SSSR count). The van der Waals surface area contributed by atoms with Crippen LogP contribution in [0.3, 0.4) is 0 Å². The Kier molecular flexibility index (Phi) is 4.47. The van der Waals surface area contributed by atoms with Crippen LogP contribution in [0.15, 0.2) is 18.2 Å². The lowest BCUT2D eigenvalue weighted by Gasteiger charge is -2.35. The van der Waals surface area contributed by atoms with Crippen LogP contribution < -0.4 is 4.90 Å². The third-order valence-corrected chi connectivity index (χ3v) is 6.89. The maximum atomic E-state index is 12.7. The van der Waals surface area contributed by atoms with Gasteiger partial charge in [-0.1, -0.05) is 17.7 Å². The molecule has 0 bridgehead atoms. The van der Waals surface area contributed by atoms with Gasteiger partial charge in [-0.25, -0.2) is 8.42 Å². The Morgan fingerprint density at radius 1 is 1.22 bits per heavy atom. The van der Waals surface area contributed by atoms with Crippen LogP contribution in [-0.2, 0) is 9.84 Å². The number of quaternary nitrogens is 1. The van der Waals surface area contributed by atoms with E-state index < -0.39 is 9.84 Å². The standard InChI is InChI=1S/C17H24N2O3S/c1-13-3-4-14(2)16(11-13)17(20)19-8-6-18(7-9-19)15-5-10-23(21,22)12-15/h3-4,11,15H,5-10,12H2,1-2H3/p+1/t15-/m0/s1. The van der Waals surface area contributed by atoms with Crippen LogP contribution in [0.1, 0.15) is 27.9 Å². The summed E-state index contributed by atoms with van der Waals surface area (Å²) in [7, 11) is -2.83. The molecule has 0 saturated carbocycles. The van der Waals surface area contributed by atoms with Crippen molar-refractivity contribution in [2.75, 3.05) is 37.7 Å². The number of nitrogens with one attached hydrogen (secondary N) is 1. The molecule has 0 spiro atoms. The zero-order valence-corrected chi connectivity index (χ0v) is 14.7. The number of nitrogens with zero attached hydrogens (tertiary/aromatic N) is 1. The van der Waals surface area contributed by atoms with Gasteiger partial charge in [0.15, 0.2) is 9.84 Å². The number of hydrogen-bond donors (Lipinski definition) is 1. The van der Waals surface area contributed by atoms with E-state index in [9.17, 15) is 13.2 Å². The van der Waals surface area contributed by atoms with Crippen molar-refractivity contribution >= 4 is 15.7 Å². The first-order valence-electron chi connectivity index (χ1n) is 8.27. The second-order valence-electron chi connectivity index (χ2n) is 6.87. The van der Waals surface area contributed by atoms with Gasteiger partial charge in [-0.3, -0.25) is 4.79 Å². The van der Waals surface area contributed by atoms with Gasteiger partial charge in [-0.05, 0) is 25.5 Å². The number of rotatable bonds is 2. The normalized spacial score (nSPS) is 24.8. The summed E-state index contributed by atoms with van der Waals surface area (Å²) in [4.78, 5) is 16.0. The molecule has 2 aliphatic heterocycles. The summed E-state index contributed by atoms with van der Waals surface area (Å²) in [5.41, 5.74) is 2.90. The number of sulfone groups is 1. The zero-order chi connectivity index (χ0) is 16.6. The molecule has 1 aromatic carbocycles. The van der Waals surface area contributed by atoms with Crippen LogP contribution in [0, 0.1) is 13.8 Å². The fourth-order valence-corrected chi connectivity index (χ4v) is 5.48. The topological polar surface area (TPSA) is 58.9 Å². The van der Waals surface area contributed by atoms with E-state index in [0.29, 0.717) is 24.6 Å². The molecule has 1 atom stereocenters. The molecule has 1 aromatic rings. The summed E-state index contributed by atoms with van der Waals surface area (Å²) >= 11 is 0. The van der Waals surface area contributed by atoms with Crippen LogP contribution in [0.4, 0.5) is 0 Å². The van der Waals surface area contributed by atoms with Crippen LogP contribution in [0.2, 0.25) is 0 Å². The Morgan fingerprint density at radius 3 is 2.52 bits per heavy atom. The lowest BCUT2D eigenvalue weighted by Crippen LogP contribution is -3.18. The number of benzene rings is 1. The summed E-state index contributed by atoms with van der Waals surface area (Å²) in [5, 5.41) is 0. The predicted molar refractivity (Wildman–Crippen MR) is 89.6 cm³/mol. The van der Waals surface area contributed by atoms with E-state index in [1.807, 2.05) is 36.9 Å². The van der Waals surface area contributed by atoms with Crippen molar-refractivity contribution in [3.8, 4) is 0 Å². The van der Waals surface area contributed by atoms with Gasteiger partial charge < -0.3 is 9.80 Å². The third-order valence-electron chi connectivity index (χ3n) is 5.13. The lowest BCUT2D eigenvalue weighted by molar-refractivity contribution is -0.925. The van der Waals surface area contributed by atoms with E-state index in [-0.39, 0.29) is 11.9 Å². The Bertz CT molecular complexity index is 707. The largest absolute Gasteiger partial charge is 0.329 e. The van der Waals surface area contributed by atoms with E-state index in [4.69, 9.17) is 0 Å². The molecule has 2 fully saturated rings. The van der Waals surface area contributed by atoms with Crippen molar-refractivity contribution in [2.45, 2.75) is 26.3 Å². The van der Waals surface area contributed by atoms with Gasteiger partial charge in [-0.2, -0.15) is 0 Å². The zero-order valence-electron chi connectivity index (χ0n) is 13.8. The fourth-order valence-electron chi connectivity index (χ4n) is 3.66. The molecule has 0 aliphatic carbocycles. The van der Waals surface area contributed by atoms with Crippen molar-refractivity contribution in [3.05, 3.63) is 34.9 Å². The summed E-state index contributed by atoms with van der Waals surface area (Å²) < 4.78 is 23.3. The number of hydrogen-bond acceptors (Lipinski definition) is 3. The summed E-state index contributed by atoms with van der Waals surface area (Å²) in [6.45, 7) is 7.07. The molecule has 23 heavy (non-hydrogen) atoms. The molecule has 5 nitrogen and oxygen atoms in total. The Balaban J connectivity index is 1.63. The third kappa shape index (κ3) is 3.58. The number of aryl methyl sites for hydroxylation is 2. The van der Waals surface area contributed by atoms with Crippen molar-refractivity contribution in [1.82, 2.24) is 4.90 Å². The highest BCUT2D eigenvalue weighted by Crippen LogP contribution is 2.14. The highest BCUT2D eigenvalue weighted by molar-refractivity contribution is 7.91. The van der Waals surface area contributed by atoms with Crippen molar-refractivity contribution in [1.29, 1.82) is 0 Å². The Labute approximate surface area is 138 Å². The quantitative estimate of drug-likeness (QED) is 0.815. The first kappa shape index (κ1) is 16.5. The minimum atomic E-state index is -2.83. The average molecular weight is 337 g/mol. The minimum absolute atomic E-state index is 0.101. The van der Waals surface area contributed by atoms with E-state index in [0.717, 1.165) is 36.2 Å². The summed E-state index contributed by atoms with van der Waals surface area (Å²) in [6.07, 6.45) is 0.766. The number of piperazine rings is 1. The van der Waals surface area contributed by atoms with Gasteiger partial charge in [0, 0.05) is 12.0 Å². The lowest BCUT2D eigenvalue weighted by atomic mass is 10.0. The maximum absolute atomic E-state index is 12.7. The van der Waals surface area contributed by atoms with Gasteiger partial charge in [0.2, 0.25) is 0 Å². The smallest absolute Gasteiger partial charge is 0.254 e. The Hall–Kier alpha value is -1.40. The van der Waals surface area contributed by atoms with Gasteiger partial charge in [0.1, 0.15) is 11.8 Å². The van der Waals surface area contributed by atoms with Gasteiger partial charge in [0.05, 0.1) is 31.9 Å². The Morgan fingerprint density at radius 2 is 1.91 bits per heavy atom. The van der Waals surface area contributed by atoms with Crippen LogP contribution >= 0.6 is 0 Å². The number of amides is 1. The molecular weight excluding hydrogens is 312 g/mol. The molecule has 0 unspecified atom stereocenters. The van der Waals surface area contributed by atoms with E-state index >= 15 is 0 Å². The molecule has 2 saturated heterocycles. The predicted octanol–water partition coefficient (Wildman–Crippen LogP) is -0.169. The van der Waals surface area contributed by atoms with E-state index in [2.05, 4.69) is 0 Å². The fraction of sp³-hybridized carbons (Fsp3) is 0.588. The number of carbonyl (C=O) groups is 1. The monoisotopic (exact) mass is 337 g/mol. The van der Waals surface area contributed by atoms with Gasteiger partial charge >= 0.3 is 0 Å². The van der Waals surface area contributed by atoms with Crippen molar-refractivity contribution in [3.63, 3.8) is 0 Å². The highest BCUT2D eigenvalue weighted by atomic mass is 32.2. The molecule has 0 aromatic heterocycles. The van der Waals surface area contributed by atoms with Gasteiger partial charge in [-0.15, -0.1) is 0 Å². The molecule has 126 valence electrons. The van der Waals surface area contributed by atoms with E-state index in [1.54, 1.807) is 0 Å². The molecule has 1 N–H and O–H groups in total. The van der Waals surface area contributed by atoms with Crippen LogP contribution in [-0.4, -0.2) is 63.0 Å².